The number of rotatable bonds is 2. The third-order valence-corrected chi connectivity index (χ3v) is 6.98. The van der Waals surface area contributed by atoms with Crippen LogP contribution in [0.25, 0.3) is 0 Å². The lowest BCUT2D eigenvalue weighted by atomic mass is 9.50. The Morgan fingerprint density at radius 2 is 2.07 bits per heavy atom. The fourth-order valence-electron chi connectivity index (χ4n) is 5.94. The highest BCUT2D eigenvalue weighted by Crippen LogP contribution is 2.65. The minimum absolute atomic E-state index is 0.0802. The molecular formula is C22H29NO4. The summed E-state index contributed by atoms with van der Waals surface area (Å²) in [4.78, 5) is 2.32. The molecule has 5 rings (SSSR count). The number of hydrogen-bond acceptors (Lipinski definition) is 5. The number of likely N-dealkylation sites (N-methyl/N-ethyl adjacent to an activating group) is 1. The van der Waals surface area contributed by atoms with Crippen molar-refractivity contribution in [2.24, 2.45) is 0 Å². The van der Waals surface area contributed by atoms with E-state index in [1.54, 1.807) is 7.11 Å². The number of ether oxygens (including phenoxy) is 3. The molecule has 5 heteroatoms. The van der Waals surface area contributed by atoms with Crippen LogP contribution in [-0.2, 0) is 16.6 Å². The third kappa shape index (κ3) is 2.02. The highest BCUT2D eigenvalue weighted by Gasteiger charge is 2.72. The smallest absolute Gasteiger partial charge is 0.168 e. The second-order valence-electron chi connectivity index (χ2n) is 9.50. The first-order valence-corrected chi connectivity index (χ1v) is 9.90. The summed E-state index contributed by atoms with van der Waals surface area (Å²) in [5.41, 5.74) is 0.771. The minimum Gasteiger partial charge on any atom is -0.493 e. The predicted molar refractivity (Wildman–Crippen MR) is 102 cm³/mol. The molecule has 27 heavy (non-hydrogen) atoms. The van der Waals surface area contributed by atoms with Gasteiger partial charge < -0.3 is 24.2 Å². The molecule has 2 bridgehead atoms. The Morgan fingerprint density at radius 1 is 1.30 bits per heavy atom. The Bertz CT molecular complexity index is 841. The van der Waals surface area contributed by atoms with Gasteiger partial charge in [-0.15, -0.1) is 0 Å². The summed E-state index contributed by atoms with van der Waals surface area (Å²) in [6, 6.07) is 4.23. The lowest BCUT2D eigenvalue weighted by molar-refractivity contribution is -0.169. The summed E-state index contributed by atoms with van der Waals surface area (Å²) in [5, 5.41) is 12.1. The summed E-state index contributed by atoms with van der Waals surface area (Å²) in [6.07, 6.45) is 4.02. The molecule has 0 amide bonds. The number of aliphatic hydroxyl groups is 1. The molecule has 0 saturated carbocycles. The van der Waals surface area contributed by atoms with Gasteiger partial charge >= 0.3 is 0 Å². The maximum absolute atomic E-state index is 12.1. The molecule has 1 aromatic carbocycles. The summed E-state index contributed by atoms with van der Waals surface area (Å²) in [7, 11) is 3.80. The number of benzene rings is 1. The van der Waals surface area contributed by atoms with E-state index in [0.717, 1.165) is 42.2 Å². The van der Waals surface area contributed by atoms with E-state index in [1.165, 1.54) is 5.56 Å². The molecule has 1 N–H and O–H groups in total. The monoisotopic (exact) mass is 371 g/mol. The summed E-state index contributed by atoms with van der Waals surface area (Å²) >= 11 is 0. The van der Waals surface area contributed by atoms with Gasteiger partial charge in [0.25, 0.3) is 0 Å². The molecule has 4 aliphatic rings. The lowest BCUT2D eigenvalue weighted by Gasteiger charge is -2.61. The second-order valence-corrected chi connectivity index (χ2v) is 9.50. The van der Waals surface area contributed by atoms with Gasteiger partial charge in [-0.3, -0.25) is 0 Å². The molecule has 146 valence electrons. The molecule has 4 atom stereocenters. The topological polar surface area (TPSA) is 51.2 Å². The van der Waals surface area contributed by atoms with Crippen LogP contribution in [0, 0.1) is 0 Å². The van der Waals surface area contributed by atoms with Crippen LogP contribution in [0.2, 0.25) is 0 Å². The van der Waals surface area contributed by atoms with Crippen molar-refractivity contribution >= 4 is 0 Å². The maximum Gasteiger partial charge on any atom is 0.168 e. The van der Waals surface area contributed by atoms with E-state index < -0.39 is 11.0 Å². The molecular weight excluding hydrogens is 342 g/mol. The van der Waals surface area contributed by atoms with Crippen molar-refractivity contribution in [3.63, 3.8) is 0 Å². The first-order chi connectivity index (χ1) is 12.7. The zero-order valence-corrected chi connectivity index (χ0v) is 16.8. The normalized spacial score (nSPS) is 36.6. The largest absolute Gasteiger partial charge is 0.493 e. The molecule has 0 unspecified atom stereocenters. The number of methoxy groups -OCH3 is 1. The Labute approximate surface area is 160 Å². The van der Waals surface area contributed by atoms with Crippen LogP contribution in [0.3, 0.4) is 0 Å². The number of nitrogens with zero attached hydrogens (tertiary/aromatic N) is 1. The zero-order chi connectivity index (χ0) is 19.2. The van der Waals surface area contributed by atoms with Crippen LogP contribution in [0.4, 0.5) is 0 Å². The summed E-state index contributed by atoms with van der Waals surface area (Å²) in [6.45, 7) is 7.10. The summed E-state index contributed by atoms with van der Waals surface area (Å²) < 4.78 is 18.5. The van der Waals surface area contributed by atoms with Gasteiger partial charge in [-0.1, -0.05) is 6.07 Å². The van der Waals surface area contributed by atoms with Gasteiger partial charge in [-0.05, 0) is 64.9 Å². The Kier molecular flexibility index (Phi) is 3.35. The van der Waals surface area contributed by atoms with Crippen LogP contribution in [0.5, 0.6) is 11.5 Å². The average Bonchev–Trinajstić information content (AvgIpc) is 2.95. The van der Waals surface area contributed by atoms with Gasteiger partial charge in [0.1, 0.15) is 11.4 Å². The van der Waals surface area contributed by atoms with Crippen LogP contribution in [-0.4, -0.2) is 54.1 Å². The Balaban J connectivity index is 1.76. The van der Waals surface area contributed by atoms with Gasteiger partial charge in [0.2, 0.25) is 0 Å². The first-order valence-electron chi connectivity index (χ1n) is 9.90. The molecule has 1 saturated heterocycles. The minimum atomic E-state index is -0.861. The molecule has 2 heterocycles. The van der Waals surface area contributed by atoms with Crippen molar-refractivity contribution in [1.29, 1.82) is 0 Å². The van der Waals surface area contributed by atoms with Crippen LogP contribution in [0.1, 0.15) is 44.7 Å². The second kappa shape index (κ2) is 5.21. The maximum atomic E-state index is 12.1. The van der Waals surface area contributed by atoms with Gasteiger partial charge in [0.15, 0.2) is 17.6 Å². The van der Waals surface area contributed by atoms with Gasteiger partial charge in [-0.25, -0.2) is 0 Å². The molecule has 1 aromatic rings. The third-order valence-electron chi connectivity index (χ3n) is 6.98. The van der Waals surface area contributed by atoms with Crippen molar-refractivity contribution in [3.8, 4) is 11.5 Å². The fourth-order valence-corrected chi connectivity index (χ4v) is 5.94. The molecule has 1 fully saturated rings. The molecule has 2 aliphatic carbocycles. The number of piperidine rings is 1. The Hall–Kier alpha value is -1.72. The molecule has 0 radical (unpaired) electrons. The van der Waals surface area contributed by atoms with Crippen LogP contribution in [0.15, 0.2) is 24.0 Å². The Morgan fingerprint density at radius 3 is 2.78 bits per heavy atom. The fraction of sp³-hybridized carbons (Fsp3) is 0.636. The molecule has 1 spiro atoms. The van der Waals surface area contributed by atoms with Crippen LogP contribution >= 0.6 is 0 Å². The predicted octanol–water partition coefficient (Wildman–Crippen LogP) is 2.79. The standard InChI is InChI=1S/C22H29NO4/c1-20(2,3)27-15-8-9-22(24)16-12-13-6-7-14(25-5)18-17(13)21(22,19(15)26-18)10-11-23(16)4/h6-8,16,19,24H,9-12H2,1-5H3/t16-,19+,21+,22-/m1/s1. The molecule has 5 nitrogen and oxygen atoms in total. The van der Waals surface area contributed by atoms with E-state index >= 15 is 0 Å². The van der Waals surface area contributed by atoms with Crippen molar-refractivity contribution in [1.82, 2.24) is 4.90 Å². The van der Waals surface area contributed by atoms with Crippen molar-refractivity contribution in [2.75, 3.05) is 20.7 Å². The SMILES string of the molecule is COc1ccc2c3c1O[C@H]1C(OC(C)(C)C)=CC[C@@]4(O)[C@@H](C2)N(C)CC[C@]314. The highest BCUT2D eigenvalue weighted by atomic mass is 16.6. The number of hydrogen-bond donors (Lipinski definition) is 1. The van der Waals surface area contributed by atoms with E-state index in [1.807, 2.05) is 6.07 Å². The van der Waals surface area contributed by atoms with E-state index in [4.69, 9.17) is 14.2 Å². The van der Waals surface area contributed by atoms with E-state index in [0.29, 0.717) is 6.42 Å². The van der Waals surface area contributed by atoms with E-state index in [9.17, 15) is 5.11 Å². The number of likely N-dealkylation sites (tertiary alicyclic amines) is 1. The van der Waals surface area contributed by atoms with Crippen molar-refractivity contribution in [2.45, 2.75) is 68.8 Å². The summed E-state index contributed by atoms with van der Waals surface area (Å²) in [5.74, 6) is 2.39. The highest BCUT2D eigenvalue weighted by molar-refractivity contribution is 5.64. The van der Waals surface area contributed by atoms with Crippen molar-refractivity contribution < 1.29 is 19.3 Å². The van der Waals surface area contributed by atoms with Gasteiger partial charge in [-0.2, -0.15) is 0 Å². The van der Waals surface area contributed by atoms with Crippen molar-refractivity contribution in [3.05, 3.63) is 35.1 Å². The van der Waals surface area contributed by atoms with Gasteiger partial charge in [0, 0.05) is 18.0 Å². The van der Waals surface area contributed by atoms with E-state index in [2.05, 4.69) is 44.9 Å². The lowest BCUT2D eigenvalue weighted by Crippen LogP contribution is -2.74. The zero-order valence-electron chi connectivity index (χ0n) is 16.8. The van der Waals surface area contributed by atoms with Crippen LogP contribution < -0.4 is 9.47 Å². The quantitative estimate of drug-likeness (QED) is 0.866. The molecule has 0 aromatic heterocycles. The molecule has 2 aliphatic heterocycles. The van der Waals surface area contributed by atoms with E-state index in [-0.39, 0.29) is 17.7 Å². The average molecular weight is 371 g/mol. The van der Waals surface area contributed by atoms with Gasteiger partial charge in [0.05, 0.1) is 18.1 Å². The first kappa shape index (κ1) is 17.4.